The van der Waals surface area contributed by atoms with E-state index in [1.807, 2.05) is 6.07 Å². The molecule has 0 spiro atoms. The van der Waals surface area contributed by atoms with Gasteiger partial charge in [0.05, 0.1) is 17.9 Å². The average molecular weight is 364 g/mol. The summed E-state index contributed by atoms with van der Waals surface area (Å²) in [6, 6.07) is 14.1. The third-order valence-corrected chi connectivity index (χ3v) is 4.26. The SMILES string of the molecule is CNC(=O)[C@H]1CN(C(=O)c2cccc(-n3cnnn3)c2)c2ccccc2O1. The highest BCUT2D eigenvalue weighted by atomic mass is 16.5. The minimum absolute atomic E-state index is 0.116. The summed E-state index contributed by atoms with van der Waals surface area (Å²) in [5.41, 5.74) is 1.74. The van der Waals surface area contributed by atoms with Gasteiger partial charge < -0.3 is 15.0 Å². The summed E-state index contributed by atoms with van der Waals surface area (Å²) in [4.78, 5) is 26.9. The molecule has 136 valence electrons. The number of anilines is 1. The smallest absolute Gasteiger partial charge is 0.262 e. The van der Waals surface area contributed by atoms with Crippen LogP contribution in [0.4, 0.5) is 5.69 Å². The van der Waals surface area contributed by atoms with E-state index in [1.54, 1.807) is 47.4 Å². The van der Waals surface area contributed by atoms with Crippen molar-refractivity contribution in [2.45, 2.75) is 6.10 Å². The number of hydrogen-bond acceptors (Lipinski definition) is 6. The van der Waals surface area contributed by atoms with Crippen LogP contribution >= 0.6 is 0 Å². The Bertz CT molecular complexity index is 988. The third kappa shape index (κ3) is 3.10. The fourth-order valence-corrected chi connectivity index (χ4v) is 2.94. The van der Waals surface area contributed by atoms with Crippen molar-refractivity contribution in [1.29, 1.82) is 0 Å². The number of para-hydroxylation sites is 2. The van der Waals surface area contributed by atoms with Crippen molar-refractivity contribution in [2.75, 3.05) is 18.5 Å². The molecule has 0 aliphatic carbocycles. The molecule has 0 saturated carbocycles. The van der Waals surface area contributed by atoms with Crippen molar-refractivity contribution in [3.05, 3.63) is 60.4 Å². The van der Waals surface area contributed by atoms with Crippen molar-refractivity contribution >= 4 is 17.5 Å². The van der Waals surface area contributed by atoms with Crippen molar-refractivity contribution in [2.24, 2.45) is 0 Å². The fourth-order valence-electron chi connectivity index (χ4n) is 2.94. The van der Waals surface area contributed by atoms with Gasteiger partial charge in [0.15, 0.2) is 6.10 Å². The lowest BCUT2D eigenvalue weighted by atomic mass is 10.1. The molecule has 1 aromatic heterocycles. The standard InChI is InChI=1S/C18H16N6O3/c1-19-17(25)16-10-23(14-7-2-3-8-15(14)27-16)18(26)12-5-4-6-13(9-12)24-11-20-21-22-24/h2-9,11,16H,10H2,1H3,(H,19,25)/t16-/m1/s1. The summed E-state index contributed by atoms with van der Waals surface area (Å²) in [7, 11) is 1.54. The Morgan fingerprint density at radius 3 is 2.81 bits per heavy atom. The molecule has 2 aromatic carbocycles. The summed E-state index contributed by atoms with van der Waals surface area (Å²) in [6.45, 7) is 0.116. The highest BCUT2D eigenvalue weighted by Crippen LogP contribution is 2.34. The number of fused-ring (bicyclic) bond motifs is 1. The predicted molar refractivity (Wildman–Crippen MR) is 95.8 cm³/mol. The topological polar surface area (TPSA) is 102 Å². The molecule has 0 unspecified atom stereocenters. The molecule has 4 rings (SSSR count). The summed E-state index contributed by atoms with van der Waals surface area (Å²) >= 11 is 0. The maximum atomic E-state index is 13.2. The molecule has 3 aromatic rings. The van der Waals surface area contributed by atoms with E-state index in [0.717, 1.165) is 0 Å². The van der Waals surface area contributed by atoms with Crippen LogP contribution in [0.15, 0.2) is 54.9 Å². The lowest BCUT2D eigenvalue weighted by Crippen LogP contribution is -2.50. The van der Waals surface area contributed by atoms with Crippen molar-refractivity contribution in [3.63, 3.8) is 0 Å². The number of aromatic nitrogens is 4. The number of hydrogen-bond donors (Lipinski definition) is 1. The summed E-state index contributed by atoms with van der Waals surface area (Å²) in [5, 5.41) is 13.6. The van der Waals surface area contributed by atoms with Gasteiger partial charge >= 0.3 is 0 Å². The molecule has 1 aliphatic rings. The van der Waals surface area contributed by atoms with Gasteiger partial charge in [-0.1, -0.05) is 18.2 Å². The van der Waals surface area contributed by atoms with E-state index in [9.17, 15) is 9.59 Å². The van der Waals surface area contributed by atoms with E-state index < -0.39 is 6.10 Å². The molecule has 0 saturated heterocycles. The van der Waals surface area contributed by atoms with Gasteiger partial charge in [-0.25, -0.2) is 4.68 Å². The van der Waals surface area contributed by atoms with Crippen LogP contribution in [0.2, 0.25) is 0 Å². The minimum atomic E-state index is -0.781. The molecule has 1 aliphatic heterocycles. The van der Waals surface area contributed by atoms with Gasteiger partial charge in [0.2, 0.25) is 0 Å². The quantitative estimate of drug-likeness (QED) is 0.738. The van der Waals surface area contributed by atoms with Crippen molar-refractivity contribution in [1.82, 2.24) is 25.5 Å². The van der Waals surface area contributed by atoms with Crippen LogP contribution in [0.5, 0.6) is 5.75 Å². The maximum absolute atomic E-state index is 13.2. The minimum Gasteiger partial charge on any atom is -0.477 e. The van der Waals surface area contributed by atoms with Crippen LogP contribution in [-0.2, 0) is 4.79 Å². The van der Waals surface area contributed by atoms with Gasteiger partial charge in [-0.3, -0.25) is 9.59 Å². The first kappa shape index (κ1) is 16.7. The molecule has 0 fully saturated rings. The number of nitrogens with one attached hydrogen (secondary N) is 1. The maximum Gasteiger partial charge on any atom is 0.262 e. The van der Waals surface area contributed by atoms with E-state index in [4.69, 9.17) is 4.74 Å². The van der Waals surface area contributed by atoms with Gasteiger partial charge in [0.1, 0.15) is 12.1 Å². The second-order valence-corrected chi connectivity index (χ2v) is 5.91. The molecule has 2 amide bonds. The number of tetrazole rings is 1. The molecule has 1 N–H and O–H groups in total. The number of benzene rings is 2. The normalized spacial score (nSPS) is 15.6. The number of nitrogens with zero attached hydrogens (tertiary/aromatic N) is 5. The average Bonchev–Trinajstić information content (AvgIpc) is 3.27. The lowest BCUT2D eigenvalue weighted by Gasteiger charge is -2.34. The third-order valence-electron chi connectivity index (χ3n) is 4.26. The van der Waals surface area contributed by atoms with Gasteiger partial charge in [-0.15, -0.1) is 5.10 Å². The Kier molecular flexibility index (Phi) is 4.25. The predicted octanol–water partition coefficient (Wildman–Crippen LogP) is 0.816. The van der Waals surface area contributed by atoms with Gasteiger partial charge in [-0.2, -0.15) is 0 Å². The summed E-state index contributed by atoms with van der Waals surface area (Å²) < 4.78 is 7.22. The number of amides is 2. The Hall–Kier alpha value is -3.75. The molecule has 1 atom stereocenters. The van der Waals surface area contributed by atoms with E-state index in [2.05, 4.69) is 20.8 Å². The van der Waals surface area contributed by atoms with Crippen molar-refractivity contribution < 1.29 is 14.3 Å². The summed E-state index contributed by atoms with van der Waals surface area (Å²) in [5.74, 6) is -0.0401. The monoisotopic (exact) mass is 364 g/mol. The first-order chi connectivity index (χ1) is 13.2. The summed E-state index contributed by atoms with van der Waals surface area (Å²) in [6.07, 6.45) is 0.673. The van der Waals surface area contributed by atoms with Crippen LogP contribution in [-0.4, -0.2) is 51.7 Å². The van der Waals surface area contributed by atoms with Gasteiger partial charge in [-0.05, 0) is 40.8 Å². The second kappa shape index (κ2) is 6.87. The van der Waals surface area contributed by atoms with E-state index in [1.165, 1.54) is 18.1 Å². The fraction of sp³-hybridized carbons (Fsp3) is 0.167. The largest absolute Gasteiger partial charge is 0.477 e. The van der Waals surface area contributed by atoms with Gasteiger partial charge in [0.25, 0.3) is 11.8 Å². The number of likely N-dealkylation sites (N-methyl/N-ethyl adjacent to an activating group) is 1. The zero-order valence-electron chi connectivity index (χ0n) is 14.4. The molecule has 27 heavy (non-hydrogen) atoms. The van der Waals surface area contributed by atoms with Crippen LogP contribution in [0.25, 0.3) is 5.69 Å². The molecule has 2 heterocycles. The first-order valence-corrected chi connectivity index (χ1v) is 8.30. The van der Waals surface area contributed by atoms with Crippen molar-refractivity contribution in [3.8, 4) is 11.4 Å². The Morgan fingerprint density at radius 1 is 1.19 bits per heavy atom. The number of rotatable bonds is 3. The Morgan fingerprint density at radius 2 is 2.04 bits per heavy atom. The first-order valence-electron chi connectivity index (χ1n) is 8.30. The van der Waals surface area contributed by atoms with E-state index in [0.29, 0.717) is 22.7 Å². The number of carbonyl (C=O) groups excluding carboxylic acids is 2. The van der Waals surface area contributed by atoms with Gasteiger partial charge in [0, 0.05) is 12.6 Å². The molecule has 9 nitrogen and oxygen atoms in total. The molecule has 0 radical (unpaired) electrons. The van der Waals surface area contributed by atoms with Crippen LogP contribution in [0.3, 0.4) is 0 Å². The molecule has 0 bridgehead atoms. The molecular weight excluding hydrogens is 348 g/mol. The zero-order valence-corrected chi connectivity index (χ0v) is 14.4. The van der Waals surface area contributed by atoms with E-state index in [-0.39, 0.29) is 18.4 Å². The Balaban J connectivity index is 1.70. The second-order valence-electron chi connectivity index (χ2n) is 5.91. The Labute approximate surface area is 154 Å². The highest BCUT2D eigenvalue weighted by Gasteiger charge is 2.33. The van der Waals surface area contributed by atoms with E-state index >= 15 is 0 Å². The lowest BCUT2D eigenvalue weighted by molar-refractivity contribution is -0.127. The van der Waals surface area contributed by atoms with Crippen LogP contribution in [0, 0.1) is 0 Å². The highest BCUT2D eigenvalue weighted by molar-refractivity contribution is 6.08. The molecular formula is C18H16N6O3. The van der Waals surface area contributed by atoms with Crippen LogP contribution < -0.4 is 15.0 Å². The van der Waals surface area contributed by atoms with Crippen LogP contribution in [0.1, 0.15) is 10.4 Å². The zero-order chi connectivity index (χ0) is 18.8. The molecule has 9 heteroatoms. The number of ether oxygens (including phenoxy) is 1. The number of carbonyl (C=O) groups is 2.